The summed E-state index contributed by atoms with van der Waals surface area (Å²) in [7, 11) is 0. The summed E-state index contributed by atoms with van der Waals surface area (Å²) in [5.41, 5.74) is 0. The largest absolute Gasteiger partial charge is 0.303 e. The van der Waals surface area contributed by atoms with E-state index in [0.29, 0.717) is 0 Å². The summed E-state index contributed by atoms with van der Waals surface area (Å²) in [4.78, 5) is 21.7. The number of rotatable bonds is 3. The van der Waals surface area contributed by atoms with E-state index in [-0.39, 0.29) is 17.9 Å². The summed E-state index contributed by atoms with van der Waals surface area (Å²) < 4.78 is 0. The van der Waals surface area contributed by atoms with E-state index in [1.54, 1.807) is 6.08 Å². The molecule has 0 saturated heterocycles. The number of hydrogen-bond donors (Lipinski definition) is 2. The van der Waals surface area contributed by atoms with Crippen molar-refractivity contribution in [1.82, 2.24) is 10.6 Å². The molecule has 0 aliphatic carbocycles. The summed E-state index contributed by atoms with van der Waals surface area (Å²) in [5.74, 6) is -0.606. The van der Waals surface area contributed by atoms with Crippen LogP contribution in [-0.4, -0.2) is 24.4 Å². The minimum Gasteiger partial charge on any atom is -0.303 e. The highest BCUT2D eigenvalue weighted by molar-refractivity contribution is 6.06. The molecule has 0 aromatic heterocycles. The maximum Gasteiger partial charge on any atom is 0.250 e. The molecule has 0 saturated carbocycles. The van der Waals surface area contributed by atoms with Gasteiger partial charge in [0.2, 0.25) is 11.8 Å². The molecule has 1 rings (SSSR count). The minimum atomic E-state index is -0.345. The van der Waals surface area contributed by atoms with Crippen LogP contribution >= 0.6 is 0 Å². The van der Waals surface area contributed by atoms with Crippen LogP contribution in [0.2, 0.25) is 0 Å². The summed E-state index contributed by atoms with van der Waals surface area (Å²) in [6.07, 6.45) is 3.91. The predicted molar refractivity (Wildman–Crippen MR) is 44.4 cm³/mol. The molecule has 0 radical (unpaired) electrons. The van der Waals surface area contributed by atoms with Crippen molar-refractivity contribution in [2.45, 2.75) is 19.4 Å². The molecule has 2 N–H and O–H groups in total. The van der Waals surface area contributed by atoms with Gasteiger partial charge in [-0.25, -0.2) is 0 Å². The second kappa shape index (κ2) is 4.01. The third-order valence-electron chi connectivity index (χ3n) is 1.58. The topological polar surface area (TPSA) is 58.2 Å². The lowest BCUT2D eigenvalue weighted by Gasteiger charge is -2.16. The molecule has 0 aromatic rings. The van der Waals surface area contributed by atoms with E-state index in [2.05, 4.69) is 10.6 Å². The van der Waals surface area contributed by atoms with Gasteiger partial charge in [0.15, 0.2) is 0 Å². The van der Waals surface area contributed by atoms with Gasteiger partial charge in [-0.05, 0) is 13.0 Å². The van der Waals surface area contributed by atoms with E-state index in [1.807, 2.05) is 6.92 Å². The second-order valence-corrected chi connectivity index (χ2v) is 2.64. The lowest BCUT2D eigenvalue weighted by Crippen LogP contribution is -2.47. The average molecular weight is 168 g/mol. The van der Waals surface area contributed by atoms with Crippen molar-refractivity contribution in [3.63, 3.8) is 0 Å². The average Bonchev–Trinajstić information content (AvgIpc) is 2.03. The molecular formula is C8H12N2O2. The zero-order chi connectivity index (χ0) is 8.97. The molecule has 1 aliphatic rings. The maximum atomic E-state index is 11.1. The highest BCUT2D eigenvalue weighted by Crippen LogP contribution is 1.94. The zero-order valence-electron chi connectivity index (χ0n) is 6.96. The predicted octanol–water partition coefficient (Wildman–Crippen LogP) is -0.433. The number of carbonyl (C=O) groups is 2. The van der Waals surface area contributed by atoms with Gasteiger partial charge in [-0.1, -0.05) is 13.0 Å². The summed E-state index contributed by atoms with van der Waals surface area (Å²) >= 11 is 0. The summed E-state index contributed by atoms with van der Waals surface area (Å²) in [5, 5.41) is 5.20. The first-order valence-corrected chi connectivity index (χ1v) is 4.00. The Hall–Kier alpha value is -1.16. The van der Waals surface area contributed by atoms with Gasteiger partial charge in [0.05, 0.1) is 0 Å². The molecule has 4 heteroatoms. The van der Waals surface area contributed by atoms with Crippen molar-refractivity contribution in [3.8, 4) is 0 Å². The standard InChI is InChI=1S/C8H12N2O2/c1-2-5-9-6-3-4-7(11)10-8(6)12/h3-4,6,9H,2,5H2,1H3,(H,10,11,12). The van der Waals surface area contributed by atoms with Crippen LogP contribution in [0.4, 0.5) is 0 Å². The number of amides is 2. The van der Waals surface area contributed by atoms with Gasteiger partial charge in [0.1, 0.15) is 6.04 Å². The number of carbonyl (C=O) groups excluding carboxylic acids is 2. The van der Waals surface area contributed by atoms with E-state index < -0.39 is 0 Å². The molecule has 2 amide bonds. The Bertz CT molecular complexity index is 223. The van der Waals surface area contributed by atoms with Gasteiger partial charge in [-0.2, -0.15) is 0 Å². The number of hydrogen-bond acceptors (Lipinski definition) is 3. The van der Waals surface area contributed by atoms with Crippen molar-refractivity contribution in [1.29, 1.82) is 0 Å². The monoisotopic (exact) mass is 168 g/mol. The Kier molecular flexibility index (Phi) is 2.99. The Labute approximate surface area is 71.0 Å². The van der Waals surface area contributed by atoms with Crippen LogP contribution in [-0.2, 0) is 9.59 Å². The van der Waals surface area contributed by atoms with Crippen molar-refractivity contribution >= 4 is 11.8 Å². The van der Waals surface area contributed by atoms with E-state index >= 15 is 0 Å². The van der Waals surface area contributed by atoms with Crippen molar-refractivity contribution in [2.75, 3.05) is 6.54 Å². The molecule has 4 nitrogen and oxygen atoms in total. The van der Waals surface area contributed by atoms with E-state index in [9.17, 15) is 9.59 Å². The molecule has 0 bridgehead atoms. The van der Waals surface area contributed by atoms with Crippen LogP contribution < -0.4 is 10.6 Å². The van der Waals surface area contributed by atoms with Crippen molar-refractivity contribution in [3.05, 3.63) is 12.2 Å². The fourth-order valence-electron chi connectivity index (χ4n) is 0.972. The van der Waals surface area contributed by atoms with Gasteiger partial charge in [0, 0.05) is 6.08 Å². The van der Waals surface area contributed by atoms with Gasteiger partial charge < -0.3 is 5.32 Å². The van der Waals surface area contributed by atoms with E-state index in [0.717, 1.165) is 13.0 Å². The molecular weight excluding hydrogens is 156 g/mol. The van der Waals surface area contributed by atoms with Crippen LogP contribution in [0.5, 0.6) is 0 Å². The van der Waals surface area contributed by atoms with Crippen LogP contribution in [0.15, 0.2) is 12.2 Å². The fraction of sp³-hybridized carbons (Fsp3) is 0.500. The Morgan fingerprint density at radius 2 is 2.33 bits per heavy atom. The van der Waals surface area contributed by atoms with E-state index in [1.165, 1.54) is 6.08 Å². The third kappa shape index (κ3) is 2.17. The molecule has 66 valence electrons. The van der Waals surface area contributed by atoms with Gasteiger partial charge in [0.25, 0.3) is 0 Å². The van der Waals surface area contributed by atoms with Crippen LogP contribution in [0.1, 0.15) is 13.3 Å². The van der Waals surface area contributed by atoms with Gasteiger partial charge in [-0.3, -0.25) is 14.9 Å². The zero-order valence-corrected chi connectivity index (χ0v) is 6.96. The molecule has 1 unspecified atom stereocenters. The Morgan fingerprint density at radius 3 is 2.92 bits per heavy atom. The SMILES string of the molecule is CCCNC1C=CC(=O)NC1=O. The molecule has 0 aromatic carbocycles. The Balaban J connectivity index is 2.48. The molecule has 12 heavy (non-hydrogen) atoms. The fourth-order valence-corrected chi connectivity index (χ4v) is 0.972. The maximum absolute atomic E-state index is 11.1. The molecule has 0 fully saturated rings. The number of nitrogens with one attached hydrogen (secondary N) is 2. The van der Waals surface area contributed by atoms with Crippen LogP contribution in [0, 0.1) is 0 Å². The minimum absolute atomic E-state index is 0.268. The lowest BCUT2D eigenvalue weighted by molar-refractivity contribution is -0.129. The van der Waals surface area contributed by atoms with E-state index in [4.69, 9.17) is 0 Å². The second-order valence-electron chi connectivity index (χ2n) is 2.64. The first kappa shape index (κ1) is 8.93. The van der Waals surface area contributed by atoms with Crippen LogP contribution in [0.3, 0.4) is 0 Å². The number of imide groups is 1. The van der Waals surface area contributed by atoms with Crippen molar-refractivity contribution in [2.24, 2.45) is 0 Å². The molecule has 0 spiro atoms. The normalized spacial score (nSPS) is 22.6. The molecule has 1 atom stereocenters. The van der Waals surface area contributed by atoms with Crippen LogP contribution in [0.25, 0.3) is 0 Å². The highest BCUT2D eigenvalue weighted by Gasteiger charge is 2.19. The lowest BCUT2D eigenvalue weighted by atomic mass is 10.2. The van der Waals surface area contributed by atoms with Gasteiger partial charge >= 0.3 is 0 Å². The first-order valence-electron chi connectivity index (χ1n) is 4.00. The summed E-state index contributed by atoms with van der Waals surface area (Å²) in [6, 6.07) is -0.345. The molecule has 1 aliphatic heterocycles. The van der Waals surface area contributed by atoms with Gasteiger partial charge in [-0.15, -0.1) is 0 Å². The first-order chi connectivity index (χ1) is 5.74. The van der Waals surface area contributed by atoms with Crippen molar-refractivity contribution < 1.29 is 9.59 Å². The molecule has 1 heterocycles. The quantitative estimate of drug-likeness (QED) is 0.562. The summed E-state index contributed by atoms with van der Waals surface area (Å²) in [6.45, 7) is 2.79. The smallest absolute Gasteiger partial charge is 0.250 e. The highest BCUT2D eigenvalue weighted by atomic mass is 16.2. The third-order valence-corrected chi connectivity index (χ3v) is 1.58. The Morgan fingerprint density at radius 1 is 1.58 bits per heavy atom.